The van der Waals surface area contributed by atoms with Crippen LogP contribution in [0.25, 0.3) is 0 Å². The van der Waals surface area contributed by atoms with Crippen LogP contribution in [-0.2, 0) is 0 Å². The van der Waals surface area contributed by atoms with Gasteiger partial charge in [0.2, 0.25) is 0 Å². The molecule has 0 aliphatic rings. The number of nitro benzene ring substituents is 2. The van der Waals surface area contributed by atoms with Crippen LogP contribution in [0.1, 0.15) is 18.9 Å². The van der Waals surface area contributed by atoms with Crippen LogP contribution >= 0.6 is 0 Å². The Bertz CT molecular complexity index is 1280. The van der Waals surface area contributed by atoms with E-state index in [0.717, 1.165) is 17.8 Å². The van der Waals surface area contributed by atoms with Gasteiger partial charge in [0.25, 0.3) is 5.69 Å². The summed E-state index contributed by atoms with van der Waals surface area (Å²) in [6, 6.07) is 15.8. The standard InChI is InChI=1S/C23H23N7O5/c1-15-13-19(26-25-18-5-3-17(4-6-18)24-16(2)11-12-31)7-9-21(15)27-28-22-10-8-20(29(32)33)14-23(22)30(34)35/h3-10,13-14,16,24,31H,11-12H2,1-2H3/b26-25+,28-27+. The molecule has 0 saturated carbocycles. The van der Waals surface area contributed by atoms with Crippen LogP contribution in [0.2, 0.25) is 0 Å². The van der Waals surface area contributed by atoms with Gasteiger partial charge in [-0.25, -0.2) is 0 Å². The third kappa shape index (κ3) is 6.95. The van der Waals surface area contributed by atoms with Crippen LogP contribution in [0.4, 0.5) is 39.8 Å². The molecule has 0 aliphatic carbocycles. The van der Waals surface area contributed by atoms with Crippen molar-refractivity contribution in [2.45, 2.75) is 26.3 Å². The predicted molar refractivity (Wildman–Crippen MR) is 131 cm³/mol. The summed E-state index contributed by atoms with van der Waals surface area (Å²) in [4.78, 5) is 20.7. The van der Waals surface area contributed by atoms with E-state index in [0.29, 0.717) is 29.0 Å². The average molecular weight is 477 g/mol. The van der Waals surface area contributed by atoms with E-state index in [4.69, 9.17) is 5.11 Å². The van der Waals surface area contributed by atoms with Crippen molar-refractivity contribution in [1.82, 2.24) is 0 Å². The van der Waals surface area contributed by atoms with Gasteiger partial charge in [-0.05, 0) is 74.4 Å². The van der Waals surface area contributed by atoms with Crippen molar-refractivity contribution < 1.29 is 15.0 Å². The Morgan fingerprint density at radius 1 is 0.857 bits per heavy atom. The lowest BCUT2D eigenvalue weighted by molar-refractivity contribution is -0.393. The first kappa shape index (κ1) is 25.1. The Morgan fingerprint density at radius 3 is 2.11 bits per heavy atom. The molecule has 0 spiro atoms. The lowest BCUT2D eigenvalue weighted by Gasteiger charge is -2.13. The van der Waals surface area contributed by atoms with Gasteiger partial charge in [-0.3, -0.25) is 20.2 Å². The van der Waals surface area contributed by atoms with Crippen molar-refractivity contribution in [1.29, 1.82) is 0 Å². The van der Waals surface area contributed by atoms with Crippen molar-refractivity contribution in [3.05, 3.63) is 86.5 Å². The average Bonchev–Trinajstić information content (AvgIpc) is 2.83. The molecule has 3 aromatic rings. The number of aliphatic hydroxyl groups excluding tert-OH is 1. The second-order valence-corrected chi connectivity index (χ2v) is 7.66. The molecule has 12 nitrogen and oxygen atoms in total. The number of benzene rings is 3. The molecule has 180 valence electrons. The number of nitro groups is 2. The van der Waals surface area contributed by atoms with Crippen LogP contribution in [0, 0.1) is 27.2 Å². The number of azo groups is 2. The number of nitrogens with one attached hydrogen (secondary N) is 1. The first-order valence-electron chi connectivity index (χ1n) is 10.6. The van der Waals surface area contributed by atoms with Gasteiger partial charge in [0.15, 0.2) is 5.69 Å². The Labute approximate surface area is 200 Å². The molecule has 0 amide bonds. The van der Waals surface area contributed by atoms with Gasteiger partial charge >= 0.3 is 5.69 Å². The van der Waals surface area contributed by atoms with Crippen LogP contribution in [0.3, 0.4) is 0 Å². The van der Waals surface area contributed by atoms with E-state index in [1.807, 2.05) is 31.2 Å². The van der Waals surface area contributed by atoms with Crippen molar-refractivity contribution in [2.75, 3.05) is 11.9 Å². The van der Waals surface area contributed by atoms with E-state index in [1.165, 1.54) is 6.07 Å². The number of rotatable bonds is 10. The highest BCUT2D eigenvalue weighted by molar-refractivity contribution is 5.62. The first-order valence-corrected chi connectivity index (χ1v) is 10.6. The van der Waals surface area contributed by atoms with Crippen LogP contribution < -0.4 is 5.32 Å². The second-order valence-electron chi connectivity index (χ2n) is 7.66. The minimum absolute atomic E-state index is 0.0903. The fraction of sp³-hybridized carbons (Fsp3) is 0.217. The maximum Gasteiger partial charge on any atom is 0.303 e. The summed E-state index contributed by atoms with van der Waals surface area (Å²) in [5.74, 6) is 0. The summed E-state index contributed by atoms with van der Waals surface area (Å²) in [5.41, 5.74) is 2.35. The Morgan fingerprint density at radius 2 is 1.49 bits per heavy atom. The molecule has 0 radical (unpaired) electrons. The van der Waals surface area contributed by atoms with Crippen molar-refractivity contribution in [2.24, 2.45) is 20.5 Å². The Hall–Kier alpha value is -4.58. The summed E-state index contributed by atoms with van der Waals surface area (Å²) in [5, 5.41) is 50.8. The molecule has 0 bridgehead atoms. The maximum atomic E-state index is 11.2. The van der Waals surface area contributed by atoms with Crippen molar-refractivity contribution in [3.63, 3.8) is 0 Å². The van der Waals surface area contributed by atoms with Crippen molar-refractivity contribution in [3.8, 4) is 0 Å². The van der Waals surface area contributed by atoms with Crippen LogP contribution in [0.15, 0.2) is 81.1 Å². The maximum absolute atomic E-state index is 11.2. The van der Waals surface area contributed by atoms with Gasteiger partial charge in [0.05, 0.1) is 33.0 Å². The van der Waals surface area contributed by atoms with E-state index >= 15 is 0 Å². The third-order valence-electron chi connectivity index (χ3n) is 4.94. The summed E-state index contributed by atoms with van der Waals surface area (Å²) < 4.78 is 0. The summed E-state index contributed by atoms with van der Waals surface area (Å²) >= 11 is 0. The molecule has 0 heterocycles. The molecule has 35 heavy (non-hydrogen) atoms. The normalized spacial score (nSPS) is 12.2. The third-order valence-corrected chi connectivity index (χ3v) is 4.94. The smallest absolute Gasteiger partial charge is 0.303 e. The van der Waals surface area contributed by atoms with E-state index in [2.05, 4.69) is 25.8 Å². The highest BCUT2D eigenvalue weighted by atomic mass is 16.6. The van der Waals surface area contributed by atoms with E-state index in [-0.39, 0.29) is 18.3 Å². The molecule has 3 rings (SSSR count). The zero-order valence-electron chi connectivity index (χ0n) is 19.0. The van der Waals surface area contributed by atoms with Gasteiger partial charge in [-0.15, -0.1) is 5.11 Å². The number of non-ortho nitro benzene ring substituents is 1. The Balaban J connectivity index is 1.71. The van der Waals surface area contributed by atoms with Crippen molar-refractivity contribution >= 4 is 39.8 Å². The lowest BCUT2D eigenvalue weighted by atomic mass is 10.2. The highest BCUT2D eigenvalue weighted by Gasteiger charge is 2.19. The molecule has 0 aromatic heterocycles. The zero-order chi connectivity index (χ0) is 25.4. The molecular formula is C23H23N7O5. The zero-order valence-corrected chi connectivity index (χ0v) is 19.0. The molecular weight excluding hydrogens is 454 g/mol. The number of aryl methyl sites for hydroxylation is 1. The highest BCUT2D eigenvalue weighted by Crippen LogP contribution is 2.33. The largest absolute Gasteiger partial charge is 0.396 e. The van der Waals surface area contributed by atoms with Gasteiger partial charge in [0.1, 0.15) is 0 Å². The fourth-order valence-corrected chi connectivity index (χ4v) is 3.07. The van der Waals surface area contributed by atoms with Crippen LogP contribution in [-0.4, -0.2) is 27.6 Å². The molecule has 0 fully saturated rings. The molecule has 0 saturated heterocycles. The minimum atomic E-state index is -0.740. The predicted octanol–water partition coefficient (Wildman–Crippen LogP) is 6.83. The Kier molecular flexibility index (Phi) is 8.24. The van der Waals surface area contributed by atoms with Gasteiger partial charge < -0.3 is 10.4 Å². The number of aliphatic hydroxyl groups is 1. The quantitative estimate of drug-likeness (QED) is 0.184. The van der Waals surface area contributed by atoms with Gasteiger partial charge in [-0.1, -0.05) is 0 Å². The SMILES string of the molecule is Cc1cc(/N=N/c2ccc(NC(C)CCO)cc2)ccc1/N=N/c1ccc([N+](=O)[O-])cc1[N+](=O)[O-]. The molecule has 12 heteroatoms. The molecule has 0 aliphatic heterocycles. The first-order chi connectivity index (χ1) is 16.8. The molecule has 1 atom stereocenters. The number of nitrogens with zero attached hydrogens (tertiary/aromatic N) is 6. The van der Waals surface area contributed by atoms with E-state index < -0.39 is 21.2 Å². The summed E-state index contributed by atoms with van der Waals surface area (Å²) in [7, 11) is 0. The van der Waals surface area contributed by atoms with Crippen LogP contribution in [0.5, 0.6) is 0 Å². The second kappa shape index (κ2) is 11.5. The number of hydrogen-bond acceptors (Lipinski definition) is 10. The lowest BCUT2D eigenvalue weighted by Crippen LogP contribution is -2.16. The number of anilines is 1. The minimum Gasteiger partial charge on any atom is -0.396 e. The fourth-order valence-electron chi connectivity index (χ4n) is 3.07. The topological polar surface area (TPSA) is 168 Å². The summed E-state index contributed by atoms with van der Waals surface area (Å²) in [6.07, 6.45) is 0.654. The molecule has 3 aromatic carbocycles. The monoisotopic (exact) mass is 477 g/mol. The summed E-state index contributed by atoms with van der Waals surface area (Å²) in [6.45, 7) is 3.89. The van der Waals surface area contributed by atoms with Gasteiger partial charge in [0, 0.05) is 24.4 Å². The van der Waals surface area contributed by atoms with E-state index in [9.17, 15) is 20.2 Å². The number of hydrogen-bond donors (Lipinski definition) is 2. The van der Waals surface area contributed by atoms with E-state index in [1.54, 1.807) is 25.1 Å². The molecule has 1 unspecified atom stereocenters. The van der Waals surface area contributed by atoms with Gasteiger partial charge in [-0.2, -0.15) is 15.3 Å². The molecule has 2 N–H and O–H groups in total.